The van der Waals surface area contributed by atoms with Crippen molar-refractivity contribution in [2.75, 3.05) is 20.3 Å². The van der Waals surface area contributed by atoms with Crippen molar-refractivity contribution in [2.24, 2.45) is 11.8 Å². The van der Waals surface area contributed by atoms with E-state index in [1.807, 2.05) is 18.2 Å². The van der Waals surface area contributed by atoms with Crippen LogP contribution in [0.2, 0.25) is 0 Å². The third kappa shape index (κ3) is 1.97. The summed E-state index contributed by atoms with van der Waals surface area (Å²) in [5, 5.41) is 9.45. The Hall–Kier alpha value is -1.53. The van der Waals surface area contributed by atoms with E-state index in [1.54, 1.807) is 7.11 Å². The third-order valence-electron chi connectivity index (χ3n) is 3.76. The van der Waals surface area contributed by atoms with Crippen LogP contribution < -0.4 is 4.74 Å². The van der Waals surface area contributed by atoms with Crippen LogP contribution in [0, 0.1) is 23.2 Å². The summed E-state index contributed by atoms with van der Waals surface area (Å²) in [7, 11) is 1.66. The molecule has 0 spiro atoms. The van der Waals surface area contributed by atoms with Crippen LogP contribution in [0.25, 0.3) is 0 Å². The van der Waals surface area contributed by atoms with Gasteiger partial charge >= 0.3 is 0 Å². The summed E-state index contributed by atoms with van der Waals surface area (Å²) < 4.78 is 10.7. The predicted molar refractivity (Wildman–Crippen MR) is 69.4 cm³/mol. The van der Waals surface area contributed by atoms with E-state index in [0.717, 1.165) is 11.3 Å². The Morgan fingerprint density at radius 1 is 1.39 bits per heavy atom. The molecule has 0 amide bonds. The van der Waals surface area contributed by atoms with Gasteiger partial charge in [-0.2, -0.15) is 5.26 Å². The molecule has 1 fully saturated rings. The molecule has 0 aromatic heterocycles. The van der Waals surface area contributed by atoms with Crippen molar-refractivity contribution in [3.05, 3.63) is 29.8 Å². The topological polar surface area (TPSA) is 42.2 Å². The molecule has 1 saturated heterocycles. The molecule has 1 aliphatic rings. The molecule has 2 rings (SSSR count). The van der Waals surface area contributed by atoms with E-state index in [-0.39, 0.29) is 11.3 Å². The number of nitriles is 1. The Labute approximate surface area is 108 Å². The second kappa shape index (κ2) is 4.99. The van der Waals surface area contributed by atoms with Crippen LogP contribution in [-0.4, -0.2) is 20.3 Å². The minimum atomic E-state index is -0.169. The molecule has 0 bridgehead atoms. The fraction of sp³-hybridized carbons (Fsp3) is 0.533. The minimum absolute atomic E-state index is 0.0293. The lowest BCUT2D eigenvalue weighted by molar-refractivity contribution is -0.0877. The molecule has 0 radical (unpaired) electrons. The summed E-state index contributed by atoms with van der Waals surface area (Å²) in [6.07, 6.45) is 0. The molecule has 1 aliphatic heterocycles. The summed E-state index contributed by atoms with van der Waals surface area (Å²) >= 11 is 0. The van der Waals surface area contributed by atoms with Crippen molar-refractivity contribution in [3.63, 3.8) is 0 Å². The number of rotatable bonds is 4. The molecular weight excluding hydrogens is 226 g/mol. The van der Waals surface area contributed by atoms with Crippen molar-refractivity contribution < 1.29 is 9.47 Å². The van der Waals surface area contributed by atoms with Gasteiger partial charge in [0.15, 0.2) is 0 Å². The highest BCUT2D eigenvalue weighted by atomic mass is 16.5. The zero-order valence-corrected chi connectivity index (χ0v) is 11.1. The predicted octanol–water partition coefficient (Wildman–Crippen LogP) is 2.76. The summed E-state index contributed by atoms with van der Waals surface area (Å²) in [5.74, 6) is 1.11. The van der Waals surface area contributed by atoms with Crippen LogP contribution in [0.3, 0.4) is 0 Å². The minimum Gasteiger partial charge on any atom is -0.497 e. The molecular formula is C15H19NO2. The van der Waals surface area contributed by atoms with Gasteiger partial charge in [-0.1, -0.05) is 26.0 Å². The van der Waals surface area contributed by atoms with Crippen molar-refractivity contribution in [3.8, 4) is 11.8 Å². The highest BCUT2D eigenvalue weighted by Crippen LogP contribution is 2.43. The normalized spacial score (nSPS) is 18.8. The van der Waals surface area contributed by atoms with Gasteiger partial charge in [0.05, 0.1) is 37.7 Å². The number of hydrogen-bond acceptors (Lipinski definition) is 3. The van der Waals surface area contributed by atoms with Crippen LogP contribution in [0.1, 0.15) is 19.4 Å². The van der Waals surface area contributed by atoms with Crippen molar-refractivity contribution in [2.45, 2.75) is 19.3 Å². The largest absolute Gasteiger partial charge is 0.497 e. The van der Waals surface area contributed by atoms with Gasteiger partial charge in [-0.05, 0) is 23.6 Å². The average Bonchev–Trinajstić information content (AvgIpc) is 2.33. The van der Waals surface area contributed by atoms with Crippen molar-refractivity contribution in [1.29, 1.82) is 5.26 Å². The van der Waals surface area contributed by atoms with E-state index in [4.69, 9.17) is 9.47 Å². The highest BCUT2D eigenvalue weighted by molar-refractivity contribution is 5.37. The second-order valence-electron chi connectivity index (χ2n) is 5.23. The first-order chi connectivity index (χ1) is 8.64. The Kier molecular flexibility index (Phi) is 3.58. The number of ether oxygens (including phenoxy) is 2. The zero-order valence-electron chi connectivity index (χ0n) is 11.1. The van der Waals surface area contributed by atoms with Gasteiger partial charge in [0, 0.05) is 0 Å². The van der Waals surface area contributed by atoms with Crippen LogP contribution in [0.15, 0.2) is 24.3 Å². The maximum atomic E-state index is 9.45. The Balaban J connectivity index is 2.40. The molecule has 0 N–H and O–H groups in total. The molecule has 1 atom stereocenters. The van der Waals surface area contributed by atoms with E-state index >= 15 is 0 Å². The highest BCUT2D eigenvalue weighted by Gasteiger charge is 2.48. The van der Waals surface area contributed by atoms with E-state index < -0.39 is 0 Å². The van der Waals surface area contributed by atoms with Crippen LogP contribution in [0.4, 0.5) is 0 Å². The average molecular weight is 245 g/mol. The number of hydrogen-bond donors (Lipinski definition) is 0. The number of nitrogens with zero attached hydrogens (tertiary/aromatic N) is 1. The smallest absolute Gasteiger partial charge is 0.119 e. The molecule has 1 unspecified atom stereocenters. The quantitative estimate of drug-likeness (QED) is 0.819. The van der Waals surface area contributed by atoms with Gasteiger partial charge in [0.25, 0.3) is 0 Å². The Morgan fingerprint density at radius 3 is 2.56 bits per heavy atom. The summed E-state index contributed by atoms with van der Waals surface area (Å²) in [4.78, 5) is 0. The summed E-state index contributed by atoms with van der Waals surface area (Å²) in [6.45, 7) is 5.43. The summed E-state index contributed by atoms with van der Waals surface area (Å²) in [5.41, 5.74) is 0.977. The Morgan fingerprint density at radius 2 is 2.11 bits per heavy atom. The zero-order chi connectivity index (χ0) is 13.2. The maximum Gasteiger partial charge on any atom is 0.119 e. The van der Waals surface area contributed by atoms with Crippen LogP contribution >= 0.6 is 0 Å². The van der Waals surface area contributed by atoms with E-state index in [0.29, 0.717) is 19.1 Å². The molecule has 3 nitrogen and oxygen atoms in total. The van der Waals surface area contributed by atoms with E-state index in [2.05, 4.69) is 26.0 Å². The molecule has 96 valence electrons. The monoisotopic (exact) mass is 245 g/mol. The van der Waals surface area contributed by atoms with E-state index in [1.165, 1.54) is 0 Å². The standard InChI is InChI=1S/C15H19NO2/c1-11(2)14(8-16)15(9-18-10-15)12-5-4-6-13(7-12)17-3/h4-7,11,14H,9-10H2,1-3H3. The maximum absolute atomic E-state index is 9.45. The van der Waals surface area contributed by atoms with E-state index in [9.17, 15) is 5.26 Å². The number of benzene rings is 1. The Bertz CT molecular complexity index is 458. The van der Waals surface area contributed by atoms with Gasteiger partial charge in [0.2, 0.25) is 0 Å². The molecule has 0 saturated carbocycles. The van der Waals surface area contributed by atoms with Gasteiger partial charge in [0.1, 0.15) is 5.75 Å². The van der Waals surface area contributed by atoms with Crippen molar-refractivity contribution >= 4 is 0 Å². The van der Waals surface area contributed by atoms with Gasteiger partial charge in [-0.15, -0.1) is 0 Å². The lowest BCUT2D eigenvalue weighted by Gasteiger charge is -2.46. The SMILES string of the molecule is COc1cccc(C2(C(C#N)C(C)C)COC2)c1. The van der Waals surface area contributed by atoms with Crippen LogP contribution in [0.5, 0.6) is 5.75 Å². The van der Waals surface area contributed by atoms with Crippen LogP contribution in [-0.2, 0) is 10.2 Å². The molecule has 1 heterocycles. The molecule has 1 aromatic carbocycles. The molecule has 18 heavy (non-hydrogen) atoms. The van der Waals surface area contributed by atoms with Gasteiger partial charge in [-0.3, -0.25) is 0 Å². The lowest BCUT2D eigenvalue weighted by Crippen LogP contribution is -2.53. The van der Waals surface area contributed by atoms with Gasteiger partial charge < -0.3 is 9.47 Å². The fourth-order valence-electron chi connectivity index (χ4n) is 2.69. The first-order valence-electron chi connectivity index (χ1n) is 6.26. The van der Waals surface area contributed by atoms with Crippen molar-refractivity contribution in [1.82, 2.24) is 0 Å². The molecule has 1 aromatic rings. The molecule has 3 heteroatoms. The summed E-state index contributed by atoms with van der Waals surface area (Å²) in [6, 6.07) is 10.4. The lowest BCUT2D eigenvalue weighted by atomic mass is 9.65. The fourth-order valence-corrected chi connectivity index (χ4v) is 2.69. The molecule has 0 aliphatic carbocycles. The second-order valence-corrected chi connectivity index (χ2v) is 5.23. The number of methoxy groups -OCH3 is 1. The van der Waals surface area contributed by atoms with Gasteiger partial charge in [-0.25, -0.2) is 0 Å². The first-order valence-corrected chi connectivity index (χ1v) is 6.26. The first kappa shape index (κ1) is 12.9. The third-order valence-corrected chi connectivity index (χ3v) is 3.76.